The molecule has 1 unspecified atom stereocenters. The largest absolute Gasteiger partial charge is 0.324 e. The van der Waals surface area contributed by atoms with Crippen LogP contribution >= 0.6 is 0 Å². The Kier molecular flexibility index (Phi) is 6.44. The number of benzene rings is 1. The minimum absolute atomic E-state index is 0.146. The van der Waals surface area contributed by atoms with Crippen LogP contribution in [-0.2, 0) is 11.0 Å². The summed E-state index contributed by atoms with van der Waals surface area (Å²) in [4.78, 5) is 14.2. The maximum Gasteiger partial charge on any atom is 0.227 e. The molecule has 0 saturated heterocycles. The Morgan fingerprint density at radius 2 is 1.83 bits per heavy atom. The fourth-order valence-electron chi connectivity index (χ4n) is 3.15. The first kappa shape index (κ1) is 21.1. The molecule has 154 valence electrons. The van der Waals surface area contributed by atoms with E-state index < -0.39 is 11.0 Å². The van der Waals surface area contributed by atoms with Crippen molar-refractivity contribution in [1.29, 1.82) is 0 Å². The van der Waals surface area contributed by atoms with Crippen LogP contribution in [0.4, 0.5) is 11.6 Å². The molecule has 0 fully saturated rings. The number of nitrogens with one attached hydrogen (secondary N) is 2. The molecule has 2 heterocycles. The molecule has 7 nitrogen and oxygen atoms in total. The van der Waals surface area contributed by atoms with Crippen molar-refractivity contribution in [3.8, 4) is 11.4 Å². The zero-order chi connectivity index (χ0) is 21.1. The minimum atomic E-state index is -1.23. The van der Waals surface area contributed by atoms with Gasteiger partial charge in [0.15, 0.2) is 0 Å². The summed E-state index contributed by atoms with van der Waals surface area (Å²) in [5, 5.41) is 3.27. The van der Waals surface area contributed by atoms with Crippen LogP contribution < -0.4 is 10.0 Å². The van der Waals surface area contributed by atoms with E-state index in [1.54, 1.807) is 6.20 Å². The van der Waals surface area contributed by atoms with Crippen molar-refractivity contribution in [2.45, 2.75) is 58.5 Å². The van der Waals surface area contributed by atoms with Crippen LogP contribution in [0.3, 0.4) is 0 Å². The van der Waals surface area contributed by atoms with Crippen LogP contribution in [0.1, 0.15) is 45.1 Å². The normalized spacial score (nSPS) is 12.6. The van der Waals surface area contributed by atoms with Crippen molar-refractivity contribution in [3.05, 3.63) is 48.0 Å². The highest BCUT2D eigenvalue weighted by Gasteiger charge is 2.14. The first-order valence-corrected chi connectivity index (χ1v) is 10.8. The summed E-state index contributed by atoms with van der Waals surface area (Å²) in [5.74, 6) is 1.46. The quantitative estimate of drug-likeness (QED) is 0.604. The molecule has 1 aromatic carbocycles. The van der Waals surface area contributed by atoms with E-state index in [0.717, 1.165) is 33.4 Å². The average molecular weight is 413 g/mol. The van der Waals surface area contributed by atoms with Gasteiger partial charge in [-0.05, 0) is 71.4 Å². The highest BCUT2D eigenvalue weighted by atomic mass is 32.2. The van der Waals surface area contributed by atoms with E-state index in [-0.39, 0.29) is 12.1 Å². The Morgan fingerprint density at radius 1 is 1.07 bits per heavy atom. The van der Waals surface area contributed by atoms with Crippen LogP contribution in [0, 0.1) is 13.8 Å². The number of rotatable bonds is 7. The molecular formula is C21H28N6OS. The van der Waals surface area contributed by atoms with E-state index >= 15 is 0 Å². The first-order chi connectivity index (χ1) is 13.8. The van der Waals surface area contributed by atoms with Gasteiger partial charge in [0.05, 0.1) is 22.5 Å². The molecule has 29 heavy (non-hydrogen) atoms. The Balaban J connectivity index is 1.85. The number of nitrogens with zero attached hydrogens (tertiary/aromatic N) is 4. The predicted octanol–water partition coefficient (Wildman–Crippen LogP) is 4.30. The van der Waals surface area contributed by atoms with Crippen LogP contribution in [-0.4, -0.2) is 29.8 Å². The molecule has 1 atom stereocenters. The van der Waals surface area contributed by atoms with Crippen LogP contribution in [0.2, 0.25) is 0 Å². The molecule has 0 spiro atoms. The average Bonchev–Trinajstić information content (AvgIpc) is 3.05. The van der Waals surface area contributed by atoms with E-state index in [1.807, 2.05) is 58.2 Å². The number of hydrogen-bond acceptors (Lipinski definition) is 5. The fourth-order valence-corrected chi connectivity index (χ4v) is 4.19. The van der Waals surface area contributed by atoms with Gasteiger partial charge in [0.2, 0.25) is 5.95 Å². The summed E-state index contributed by atoms with van der Waals surface area (Å²) in [6.07, 6.45) is 3.58. The fraction of sp³-hybridized carbons (Fsp3) is 0.381. The third-order valence-electron chi connectivity index (χ3n) is 4.42. The number of imidazole rings is 1. The second kappa shape index (κ2) is 8.84. The molecular weight excluding hydrogens is 384 g/mol. The molecule has 0 aliphatic rings. The summed E-state index contributed by atoms with van der Waals surface area (Å²) >= 11 is 0. The number of aromatic nitrogens is 4. The molecule has 8 heteroatoms. The summed E-state index contributed by atoms with van der Waals surface area (Å²) in [7, 11) is -1.23. The van der Waals surface area contributed by atoms with Crippen LogP contribution in [0.25, 0.3) is 11.4 Å². The second-order valence-corrected chi connectivity index (χ2v) is 8.81. The molecule has 0 bridgehead atoms. The van der Waals surface area contributed by atoms with E-state index in [0.29, 0.717) is 5.95 Å². The highest BCUT2D eigenvalue weighted by Crippen LogP contribution is 2.25. The van der Waals surface area contributed by atoms with Crippen molar-refractivity contribution < 1.29 is 4.21 Å². The van der Waals surface area contributed by atoms with Crippen LogP contribution in [0.5, 0.6) is 0 Å². The van der Waals surface area contributed by atoms with Gasteiger partial charge in [-0.15, -0.1) is 0 Å². The second-order valence-electron chi connectivity index (χ2n) is 7.56. The van der Waals surface area contributed by atoms with Gasteiger partial charge in [0, 0.05) is 24.0 Å². The van der Waals surface area contributed by atoms with Gasteiger partial charge >= 0.3 is 0 Å². The first-order valence-electron chi connectivity index (χ1n) is 9.69. The third-order valence-corrected chi connectivity index (χ3v) is 5.78. The summed E-state index contributed by atoms with van der Waals surface area (Å²) in [6.45, 7) is 12.2. The van der Waals surface area contributed by atoms with Crippen molar-refractivity contribution in [2.75, 3.05) is 5.32 Å². The van der Waals surface area contributed by atoms with Crippen molar-refractivity contribution >= 4 is 22.6 Å². The lowest BCUT2D eigenvalue weighted by Gasteiger charge is -2.15. The van der Waals surface area contributed by atoms with Crippen LogP contribution in [0.15, 0.2) is 41.6 Å². The lowest BCUT2D eigenvalue weighted by molar-refractivity contribution is 0.587. The molecule has 2 aromatic heterocycles. The van der Waals surface area contributed by atoms with Gasteiger partial charge in [-0.3, -0.25) is 0 Å². The highest BCUT2D eigenvalue weighted by molar-refractivity contribution is 7.83. The van der Waals surface area contributed by atoms with Gasteiger partial charge in [-0.2, -0.15) is 0 Å². The lowest BCUT2D eigenvalue weighted by Crippen LogP contribution is -2.25. The maximum absolute atomic E-state index is 12.3. The summed E-state index contributed by atoms with van der Waals surface area (Å²) in [6, 6.07) is 7.99. The Bertz CT molecular complexity index is 1030. The monoisotopic (exact) mass is 412 g/mol. The number of anilines is 2. The standard InChI is InChI=1S/C21H28N6OS/c1-13(2)26-29(28)17-7-8-18(15(5)11-17)24-21-22-10-9-19(25-21)20-12-23-16(6)27(20)14(3)4/h7-14,26H,1-6H3,(H,22,24,25). The van der Waals surface area contributed by atoms with E-state index in [2.05, 4.69) is 43.4 Å². The predicted molar refractivity (Wildman–Crippen MR) is 118 cm³/mol. The number of hydrogen-bond donors (Lipinski definition) is 2. The summed E-state index contributed by atoms with van der Waals surface area (Å²) < 4.78 is 17.5. The molecule has 0 aliphatic heterocycles. The zero-order valence-corrected chi connectivity index (χ0v) is 18.5. The molecule has 3 rings (SSSR count). The molecule has 3 aromatic rings. The van der Waals surface area contributed by atoms with E-state index in [9.17, 15) is 4.21 Å². The minimum Gasteiger partial charge on any atom is -0.324 e. The van der Waals surface area contributed by atoms with E-state index in [1.165, 1.54) is 0 Å². The maximum atomic E-state index is 12.3. The molecule has 0 aliphatic carbocycles. The zero-order valence-electron chi connectivity index (χ0n) is 17.7. The van der Waals surface area contributed by atoms with Crippen molar-refractivity contribution in [1.82, 2.24) is 24.2 Å². The SMILES string of the molecule is Cc1cc(S(=O)NC(C)C)ccc1Nc1nccc(-c2cnc(C)n2C(C)C)n1. The van der Waals surface area contributed by atoms with Gasteiger partial charge in [0.1, 0.15) is 16.8 Å². The van der Waals surface area contributed by atoms with Crippen molar-refractivity contribution in [2.24, 2.45) is 0 Å². The van der Waals surface area contributed by atoms with Gasteiger partial charge < -0.3 is 9.88 Å². The topological polar surface area (TPSA) is 84.7 Å². The molecule has 0 saturated carbocycles. The van der Waals surface area contributed by atoms with Gasteiger partial charge in [-0.1, -0.05) is 0 Å². The Labute approximate surface area is 174 Å². The number of aryl methyl sites for hydroxylation is 2. The van der Waals surface area contributed by atoms with Gasteiger partial charge in [-0.25, -0.2) is 23.9 Å². The molecule has 2 N–H and O–H groups in total. The summed E-state index contributed by atoms with van der Waals surface area (Å²) in [5.41, 5.74) is 3.62. The van der Waals surface area contributed by atoms with Crippen molar-refractivity contribution in [3.63, 3.8) is 0 Å². The molecule has 0 amide bonds. The Hall–Kier alpha value is -2.58. The molecule has 0 radical (unpaired) electrons. The van der Waals surface area contributed by atoms with E-state index in [4.69, 9.17) is 0 Å². The smallest absolute Gasteiger partial charge is 0.227 e. The van der Waals surface area contributed by atoms with Gasteiger partial charge in [0.25, 0.3) is 0 Å². The third kappa shape index (κ3) is 4.89. The lowest BCUT2D eigenvalue weighted by atomic mass is 10.2. The Morgan fingerprint density at radius 3 is 2.48 bits per heavy atom.